The number of hydrogen-bond acceptors (Lipinski definition) is 5. The molecule has 0 saturated carbocycles. The van der Waals surface area contributed by atoms with E-state index in [-0.39, 0.29) is 24.5 Å². The van der Waals surface area contributed by atoms with E-state index in [1.807, 2.05) is 30.3 Å². The maximum Gasteiger partial charge on any atom is 0.243 e. The molecule has 152 valence electrons. The summed E-state index contributed by atoms with van der Waals surface area (Å²) in [6.07, 6.45) is 1.51. The van der Waals surface area contributed by atoms with E-state index >= 15 is 0 Å². The molecule has 0 unspecified atom stereocenters. The third-order valence-electron chi connectivity index (χ3n) is 4.26. The molecule has 0 aliphatic heterocycles. The van der Waals surface area contributed by atoms with Crippen LogP contribution in [0.25, 0.3) is 0 Å². The zero-order chi connectivity index (χ0) is 20.7. The van der Waals surface area contributed by atoms with Crippen LogP contribution in [0.4, 0.5) is 0 Å². The first kappa shape index (κ1) is 20.6. The lowest BCUT2D eigenvalue weighted by Gasteiger charge is -2.22. The highest BCUT2D eigenvalue weighted by Crippen LogP contribution is 2.21. The summed E-state index contributed by atoms with van der Waals surface area (Å²) < 4.78 is 37.8. The summed E-state index contributed by atoms with van der Waals surface area (Å²) in [6.45, 7) is -0.0546. The zero-order valence-electron chi connectivity index (χ0n) is 15.9. The minimum atomic E-state index is -3.90. The standard InChI is InChI=1S/C21H22N2O5S/c1-27-18-9-11-20(12-10-18)29(25,26)23(15-17-6-3-2-4-7-17)16-21(24)22-14-19-8-5-13-28-19/h2-13H,14-16H2,1H3,(H,22,24). The van der Waals surface area contributed by atoms with Crippen LogP contribution in [0.3, 0.4) is 0 Å². The number of amides is 1. The molecule has 1 aromatic heterocycles. The Labute approximate surface area is 170 Å². The van der Waals surface area contributed by atoms with E-state index in [2.05, 4.69) is 5.32 Å². The molecule has 0 saturated heterocycles. The van der Waals surface area contributed by atoms with Gasteiger partial charge >= 0.3 is 0 Å². The second-order valence-corrected chi connectivity index (χ2v) is 8.23. The van der Waals surface area contributed by atoms with Crippen molar-refractivity contribution in [3.05, 3.63) is 84.3 Å². The minimum Gasteiger partial charge on any atom is -0.497 e. The molecular formula is C21H22N2O5S. The SMILES string of the molecule is COc1ccc(S(=O)(=O)N(CC(=O)NCc2ccco2)Cc2ccccc2)cc1. The molecule has 8 heteroatoms. The second-order valence-electron chi connectivity index (χ2n) is 6.29. The first-order valence-corrected chi connectivity index (χ1v) is 10.4. The molecule has 3 rings (SSSR count). The maximum absolute atomic E-state index is 13.2. The Morgan fingerprint density at radius 1 is 1.03 bits per heavy atom. The third-order valence-corrected chi connectivity index (χ3v) is 6.06. The molecule has 0 fully saturated rings. The number of nitrogens with one attached hydrogen (secondary N) is 1. The largest absolute Gasteiger partial charge is 0.497 e. The summed E-state index contributed by atoms with van der Waals surface area (Å²) in [6, 6.07) is 18.7. The highest BCUT2D eigenvalue weighted by molar-refractivity contribution is 7.89. The first-order valence-electron chi connectivity index (χ1n) is 8.96. The molecule has 1 heterocycles. The molecule has 2 aromatic carbocycles. The lowest BCUT2D eigenvalue weighted by molar-refractivity contribution is -0.121. The Hall–Kier alpha value is -3.10. The number of methoxy groups -OCH3 is 1. The topological polar surface area (TPSA) is 88.9 Å². The van der Waals surface area contributed by atoms with Gasteiger partial charge in [0.15, 0.2) is 0 Å². The second kappa shape index (κ2) is 9.40. The summed E-state index contributed by atoms with van der Waals surface area (Å²) in [5.41, 5.74) is 0.781. The predicted octanol–water partition coefficient (Wildman–Crippen LogP) is 2.80. The average molecular weight is 414 g/mol. The number of carbonyl (C=O) groups is 1. The van der Waals surface area contributed by atoms with E-state index in [4.69, 9.17) is 9.15 Å². The number of ether oxygens (including phenoxy) is 1. The van der Waals surface area contributed by atoms with Crippen molar-refractivity contribution in [3.63, 3.8) is 0 Å². The third kappa shape index (κ3) is 5.46. The normalized spacial score (nSPS) is 11.4. The fourth-order valence-electron chi connectivity index (χ4n) is 2.72. The number of rotatable bonds is 9. The predicted molar refractivity (Wildman–Crippen MR) is 108 cm³/mol. The number of sulfonamides is 1. The van der Waals surface area contributed by atoms with Gasteiger partial charge < -0.3 is 14.5 Å². The number of carbonyl (C=O) groups excluding carboxylic acids is 1. The monoisotopic (exact) mass is 414 g/mol. The Morgan fingerprint density at radius 2 is 1.76 bits per heavy atom. The summed E-state index contributed by atoms with van der Waals surface area (Å²) in [7, 11) is -2.39. The van der Waals surface area contributed by atoms with Gasteiger partial charge in [-0.05, 0) is 42.0 Å². The van der Waals surface area contributed by atoms with E-state index < -0.39 is 15.9 Å². The molecule has 1 amide bonds. The van der Waals surface area contributed by atoms with Crippen LogP contribution >= 0.6 is 0 Å². The van der Waals surface area contributed by atoms with Gasteiger partial charge in [0, 0.05) is 6.54 Å². The Bertz CT molecular complexity index is 1020. The van der Waals surface area contributed by atoms with Crippen molar-refractivity contribution in [1.82, 2.24) is 9.62 Å². The summed E-state index contributed by atoms with van der Waals surface area (Å²) in [4.78, 5) is 12.5. The van der Waals surface area contributed by atoms with Crippen LogP contribution in [-0.4, -0.2) is 32.3 Å². The first-order chi connectivity index (χ1) is 14.0. The molecule has 0 bridgehead atoms. The van der Waals surface area contributed by atoms with Crippen LogP contribution in [0.15, 0.2) is 82.3 Å². The lowest BCUT2D eigenvalue weighted by Crippen LogP contribution is -2.40. The van der Waals surface area contributed by atoms with Crippen molar-refractivity contribution in [1.29, 1.82) is 0 Å². The summed E-state index contributed by atoms with van der Waals surface area (Å²) in [5.74, 6) is 0.718. The lowest BCUT2D eigenvalue weighted by atomic mass is 10.2. The Morgan fingerprint density at radius 3 is 2.38 bits per heavy atom. The van der Waals surface area contributed by atoms with Crippen molar-refractivity contribution in [2.24, 2.45) is 0 Å². The van der Waals surface area contributed by atoms with Crippen LogP contribution in [0.5, 0.6) is 5.75 Å². The quantitative estimate of drug-likeness (QED) is 0.582. The summed E-state index contributed by atoms with van der Waals surface area (Å²) in [5, 5.41) is 2.68. The molecule has 0 atom stereocenters. The van der Waals surface area contributed by atoms with Crippen LogP contribution in [-0.2, 0) is 27.9 Å². The molecule has 0 aliphatic rings. The van der Waals surface area contributed by atoms with Crippen LogP contribution in [0.1, 0.15) is 11.3 Å². The molecule has 29 heavy (non-hydrogen) atoms. The molecule has 1 N–H and O–H groups in total. The zero-order valence-corrected chi connectivity index (χ0v) is 16.8. The van der Waals surface area contributed by atoms with Gasteiger partial charge in [0.1, 0.15) is 11.5 Å². The average Bonchev–Trinajstić information content (AvgIpc) is 3.26. The molecule has 3 aromatic rings. The van der Waals surface area contributed by atoms with Crippen LogP contribution in [0, 0.1) is 0 Å². The number of nitrogens with zero attached hydrogens (tertiary/aromatic N) is 1. The van der Waals surface area contributed by atoms with Crippen LogP contribution in [0.2, 0.25) is 0 Å². The molecule has 0 radical (unpaired) electrons. The van der Waals surface area contributed by atoms with Gasteiger partial charge in [-0.2, -0.15) is 4.31 Å². The van der Waals surface area contributed by atoms with Gasteiger partial charge in [0.2, 0.25) is 15.9 Å². The fourth-order valence-corrected chi connectivity index (χ4v) is 4.11. The van der Waals surface area contributed by atoms with Crippen molar-refractivity contribution in [2.45, 2.75) is 18.0 Å². The number of benzene rings is 2. The smallest absolute Gasteiger partial charge is 0.243 e. The number of furan rings is 1. The van der Waals surface area contributed by atoms with Gasteiger partial charge in [0.05, 0.1) is 31.4 Å². The van der Waals surface area contributed by atoms with Crippen molar-refractivity contribution in [3.8, 4) is 5.75 Å². The van der Waals surface area contributed by atoms with Gasteiger partial charge in [-0.25, -0.2) is 8.42 Å². The van der Waals surface area contributed by atoms with E-state index in [1.54, 1.807) is 24.3 Å². The van der Waals surface area contributed by atoms with Crippen LogP contribution < -0.4 is 10.1 Å². The molecule has 0 spiro atoms. The van der Waals surface area contributed by atoms with E-state index in [9.17, 15) is 13.2 Å². The summed E-state index contributed by atoms with van der Waals surface area (Å²) >= 11 is 0. The maximum atomic E-state index is 13.2. The van der Waals surface area contributed by atoms with Crippen molar-refractivity contribution in [2.75, 3.05) is 13.7 Å². The fraction of sp³-hybridized carbons (Fsp3) is 0.190. The van der Waals surface area contributed by atoms with Crippen molar-refractivity contribution >= 4 is 15.9 Å². The van der Waals surface area contributed by atoms with Crippen molar-refractivity contribution < 1.29 is 22.4 Å². The molecule has 7 nitrogen and oxygen atoms in total. The van der Waals surface area contributed by atoms with Gasteiger partial charge in [-0.3, -0.25) is 4.79 Å². The number of hydrogen-bond donors (Lipinski definition) is 1. The van der Waals surface area contributed by atoms with E-state index in [1.165, 1.54) is 25.5 Å². The highest BCUT2D eigenvalue weighted by Gasteiger charge is 2.27. The molecular weight excluding hydrogens is 392 g/mol. The molecule has 0 aliphatic carbocycles. The van der Waals surface area contributed by atoms with Gasteiger partial charge in [-0.1, -0.05) is 30.3 Å². The highest BCUT2D eigenvalue weighted by atomic mass is 32.2. The Kier molecular flexibility index (Phi) is 6.69. The van der Waals surface area contributed by atoms with Gasteiger partial charge in [0.25, 0.3) is 0 Å². The van der Waals surface area contributed by atoms with E-state index in [0.717, 1.165) is 9.87 Å². The minimum absolute atomic E-state index is 0.0728. The van der Waals surface area contributed by atoms with Gasteiger partial charge in [-0.15, -0.1) is 0 Å². The van der Waals surface area contributed by atoms with E-state index in [0.29, 0.717) is 11.5 Å². The Balaban J connectivity index is 1.80.